The third-order valence-electron chi connectivity index (χ3n) is 5.93. The fraction of sp³-hybridized carbons (Fsp3) is 0.0667. The standard InChI is InChI=1S/C30H21BrClFN4O4/c1-40-24-14-19(26(31)27(32)28(24)41-17-25(38)35-21-11-7-10-20(33)15-21)16-34-37-29(18-8-3-2-4-9-18)36-23-13-6-5-12-22(23)30(37)39/h2-16H,17H2,1H3,(H,35,38). The molecule has 5 rings (SSSR count). The van der Waals surface area contributed by atoms with Crippen LogP contribution in [-0.4, -0.2) is 35.5 Å². The third-order valence-corrected chi connectivity index (χ3v) is 7.37. The molecule has 1 heterocycles. The van der Waals surface area contributed by atoms with Gasteiger partial charge < -0.3 is 14.8 Å². The number of benzene rings is 4. The average molecular weight is 636 g/mol. The van der Waals surface area contributed by atoms with E-state index in [1.165, 1.54) is 36.2 Å². The summed E-state index contributed by atoms with van der Waals surface area (Å²) in [5, 5.41) is 7.56. The number of para-hydroxylation sites is 1. The Morgan fingerprint density at radius 3 is 2.61 bits per heavy atom. The van der Waals surface area contributed by atoms with Gasteiger partial charge in [-0.3, -0.25) is 9.59 Å². The lowest BCUT2D eigenvalue weighted by atomic mass is 10.2. The van der Waals surface area contributed by atoms with Crippen LogP contribution in [0.4, 0.5) is 10.1 Å². The first-order chi connectivity index (χ1) is 19.9. The van der Waals surface area contributed by atoms with Crippen molar-refractivity contribution in [1.82, 2.24) is 9.66 Å². The number of nitrogens with zero attached hydrogens (tertiary/aromatic N) is 3. The molecule has 11 heteroatoms. The zero-order valence-electron chi connectivity index (χ0n) is 21.5. The molecule has 1 N–H and O–H groups in total. The molecule has 0 radical (unpaired) electrons. The Labute approximate surface area is 247 Å². The van der Waals surface area contributed by atoms with Crippen LogP contribution in [-0.2, 0) is 4.79 Å². The Morgan fingerprint density at radius 2 is 1.85 bits per heavy atom. The molecule has 0 unspecified atom stereocenters. The van der Waals surface area contributed by atoms with Crippen molar-refractivity contribution >= 4 is 56.2 Å². The van der Waals surface area contributed by atoms with E-state index >= 15 is 0 Å². The largest absolute Gasteiger partial charge is 0.493 e. The second kappa shape index (κ2) is 12.3. The summed E-state index contributed by atoms with van der Waals surface area (Å²) in [6.07, 6.45) is 1.45. The molecule has 41 heavy (non-hydrogen) atoms. The molecule has 8 nitrogen and oxygen atoms in total. The molecule has 0 saturated heterocycles. The molecular formula is C30H21BrClFN4O4. The normalized spacial score (nSPS) is 11.1. The van der Waals surface area contributed by atoms with Gasteiger partial charge in [-0.05, 0) is 52.3 Å². The summed E-state index contributed by atoms with van der Waals surface area (Å²) in [5.41, 5.74) is 1.68. The van der Waals surface area contributed by atoms with Crippen LogP contribution in [0.3, 0.4) is 0 Å². The van der Waals surface area contributed by atoms with Gasteiger partial charge in [0.2, 0.25) is 0 Å². The summed E-state index contributed by atoms with van der Waals surface area (Å²) >= 11 is 10.0. The zero-order chi connectivity index (χ0) is 28.9. The number of anilines is 1. The van der Waals surface area contributed by atoms with E-state index in [0.29, 0.717) is 32.3 Å². The predicted molar refractivity (Wildman–Crippen MR) is 161 cm³/mol. The number of halogens is 3. The van der Waals surface area contributed by atoms with Gasteiger partial charge >= 0.3 is 0 Å². The Balaban J connectivity index is 1.47. The van der Waals surface area contributed by atoms with Crippen LogP contribution in [0.25, 0.3) is 22.3 Å². The van der Waals surface area contributed by atoms with Crippen molar-refractivity contribution in [3.63, 3.8) is 0 Å². The number of rotatable bonds is 8. The summed E-state index contributed by atoms with van der Waals surface area (Å²) in [7, 11) is 1.42. The molecule has 0 bridgehead atoms. The van der Waals surface area contributed by atoms with Crippen molar-refractivity contribution in [3.8, 4) is 22.9 Å². The molecule has 1 aromatic heterocycles. The lowest BCUT2D eigenvalue weighted by molar-refractivity contribution is -0.118. The molecule has 0 aliphatic heterocycles. The van der Waals surface area contributed by atoms with E-state index < -0.39 is 18.3 Å². The highest BCUT2D eigenvalue weighted by atomic mass is 79.9. The van der Waals surface area contributed by atoms with Crippen LogP contribution in [0.5, 0.6) is 11.5 Å². The number of hydrogen-bond acceptors (Lipinski definition) is 6. The fourth-order valence-corrected chi connectivity index (χ4v) is 4.66. The molecule has 0 aliphatic rings. The minimum Gasteiger partial charge on any atom is -0.493 e. The lowest BCUT2D eigenvalue weighted by Crippen LogP contribution is -2.21. The number of amides is 1. The topological polar surface area (TPSA) is 94.8 Å². The molecule has 0 atom stereocenters. The SMILES string of the molecule is COc1cc(C=Nn2c(-c3ccccc3)nc3ccccc3c2=O)c(Br)c(Cl)c1OCC(=O)Nc1cccc(F)c1. The molecule has 1 amide bonds. The van der Waals surface area contributed by atoms with Gasteiger partial charge in [-0.2, -0.15) is 9.78 Å². The van der Waals surface area contributed by atoms with Gasteiger partial charge in [0.05, 0.1) is 24.2 Å². The summed E-state index contributed by atoms with van der Waals surface area (Å²) in [4.78, 5) is 30.5. The van der Waals surface area contributed by atoms with Gasteiger partial charge in [0.25, 0.3) is 11.5 Å². The predicted octanol–water partition coefficient (Wildman–Crippen LogP) is 6.53. The Morgan fingerprint density at radius 1 is 1.10 bits per heavy atom. The van der Waals surface area contributed by atoms with Gasteiger partial charge in [0.1, 0.15) is 10.8 Å². The molecule has 206 valence electrons. The van der Waals surface area contributed by atoms with Crippen molar-refractivity contribution in [3.05, 3.63) is 116 Å². The highest BCUT2D eigenvalue weighted by molar-refractivity contribution is 9.10. The number of carbonyl (C=O) groups is 1. The first-order valence-electron chi connectivity index (χ1n) is 12.2. The Hall–Kier alpha value is -4.54. The van der Waals surface area contributed by atoms with Crippen LogP contribution in [0.1, 0.15) is 5.56 Å². The number of ether oxygens (including phenoxy) is 2. The van der Waals surface area contributed by atoms with E-state index in [1.807, 2.05) is 36.4 Å². The van der Waals surface area contributed by atoms with E-state index in [9.17, 15) is 14.0 Å². The number of fused-ring (bicyclic) bond motifs is 1. The van der Waals surface area contributed by atoms with Crippen molar-refractivity contribution in [2.24, 2.45) is 5.10 Å². The molecule has 4 aromatic carbocycles. The molecule has 0 aliphatic carbocycles. The van der Waals surface area contributed by atoms with Crippen molar-refractivity contribution < 1.29 is 18.7 Å². The van der Waals surface area contributed by atoms with Crippen LogP contribution >= 0.6 is 27.5 Å². The highest BCUT2D eigenvalue weighted by Crippen LogP contribution is 2.42. The van der Waals surface area contributed by atoms with Crippen molar-refractivity contribution in [2.45, 2.75) is 0 Å². The Kier molecular flexibility index (Phi) is 8.42. The number of carbonyl (C=O) groups excluding carboxylic acids is 1. The first kappa shape index (κ1) is 28.0. The number of nitrogens with one attached hydrogen (secondary N) is 1. The van der Waals surface area contributed by atoms with E-state index in [4.69, 9.17) is 26.1 Å². The smallest absolute Gasteiger partial charge is 0.282 e. The van der Waals surface area contributed by atoms with E-state index in [0.717, 1.165) is 0 Å². The number of hydrogen-bond donors (Lipinski definition) is 1. The Bertz CT molecular complexity index is 1850. The molecular weight excluding hydrogens is 615 g/mol. The monoisotopic (exact) mass is 634 g/mol. The van der Waals surface area contributed by atoms with Crippen LogP contribution in [0, 0.1) is 5.82 Å². The van der Waals surface area contributed by atoms with E-state index in [1.54, 1.807) is 30.3 Å². The minimum absolute atomic E-state index is 0.113. The quantitative estimate of drug-likeness (QED) is 0.196. The first-order valence-corrected chi connectivity index (χ1v) is 13.4. The number of methoxy groups -OCH3 is 1. The van der Waals surface area contributed by atoms with Gasteiger partial charge in [0.15, 0.2) is 23.9 Å². The maximum atomic E-state index is 13.4. The van der Waals surface area contributed by atoms with Crippen LogP contribution < -0.4 is 20.3 Å². The van der Waals surface area contributed by atoms with Gasteiger partial charge in [-0.15, -0.1) is 0 Å². The summed E-state index contributed by atoms with van der Waals surface area (Å²) in [6.45, 7) is -0.412. The maximum absolute atomic E-state index is 13.4. The summed E-state index contributed by atoms with van der Waals surface area (Å²) in [6, 6.07) is 23.4. The van der Waals surface area contributed by atoms with Crippen molar-refractivity contribution in [1.29, 1.82) is 0 Å². The zero-order valence-corrected chi connectivity index (χ0v) is 23.8. The second-order valence-corrected chi connectivity index (χ2v) is 9.82. The third kappa shape index (κ3) is 6.13. The highest BCUT2D eigenvalue weighted by Gasteiger charge is 2.19. The summed E-state index contributed by atoms with van der Waals surface area (Å²) < 4.78 is 26.2. The molecule has 0 saturated carbocycles. The maximum Gasteiger partial charge on any atom is 0.282 e. The average Bonchev–Trinajstić information content (AvgIpc) is 2.98. The van der Waals surface area contributed by atoms with E-state index in [2.05, 4.69) is 26.3 Å². The van der Waals surface area contributed by atoms with Gasteiger partial charge in [0, 0.05) is 21.3 Å². The number of aromatic nitrogens is 2. The molecule has 0 fully saturated rings. The van der Waals surface area contributed by atoms with Crippen LogP contribution in [0.2, 0.25) is 5.02 Å². The second-order valence-electron chi connectivity index (χ2n) is 8.65. The minimum atomic E-state index is -0.521. The fourth-order valence-electron chi connectivity index (χ4n) is 4.01. The van der Waals surface area contributed by atoms with Gasteiger partial charge in [-0.1, -0.05) is 60.1 Å². The van der Waals surface area contributed by atoms with Gasteiger partial charge in [-0.25, -0.2) is 9.37 Å². The molecule has 0 spiro atoms. The molecule has 5 aromatic rings. The summed E-state index contributed by atoms with van der Waals surface area (Å²) in [5.74, 6) is -0.295. The van der Waals surface area contributed by atoms with E-state index in [-0.39, 0.29) is 27.8 Å². The van der Waals surface area contributed by atoms with Crippen LogP contribution in [0.15, 0.2) is 99.3 Å². The van der Waals surface area contributed by atoms with Crippen molar-refractivity contribution in [2.75, 3.05) is 19.0 Å². The lowest BCUT2D eigenvalue weighted by Gasteiger charge is -2.15.